The van der Waals surface area contributed by atoms with Gasteiger partial charge in [0.2, 0.25) is 23.0 Å². The van der Waals surface area contributed by atoms with Crippen molar-refractivity contribution in [3.8, 4) is 28.4 Å². The molecule has 0 saturated carbocycles. The highest BCUT2D eigenvalue weighted by atomic mass is 35.5. The molecule has 3 aromatic carbocycles. The first-order chi connectivity index (χ1) is 21.6. The molecule has 10 nitrogen and oxygen atoms in total. The molecule has 1 heterocycles. The van der Waals surface area contributed by atoms with E-state index in [1.54, 1.807) is 37.3 Å². The number of nitrogens with one attached hydrogen (secondary N) is 2. The zero-order valence-corrected chi connectivity index (χ0v) is 26.6. The minimum Gasteiger partial charge on any atom is -0.493 e. The Labute approximate surface area is 267 Å². The van der Waals surface area contributed by atoms with Crippen molar-refractivity contribution in [3.05, 3.63) is 80.5 Å². The molecule has 0 bridgehead atoms. The van der Waals surface area contributed by atoms with Crippen LogP contribution in [0.15, 0.2) is 53.3 Å². The van der Waals surface area contributed by atoms with E-state index in [-0.39, 0.29) is 29.5 Å². The molecule has 2 aliphatic rings. The van der Waals surface area contributed by atoms with Crippen LogP contribution in [0.4, 0.5) is 5.69 Å². The Balaban J connectivity index is 1.42. The molecule has 0 radical (unpaired) electrons. The third kappa shape index (κ3) is 6.57. The van der Waals surface area contributed by atoms with Gasteiger partial charge in [0.25, 0.3) is 0 Å². The van der Waals surface area contributed by atoms with E-state index in [0.717, 1.165) is 16.7 Å². The Hall–Kier alpha value is -4.28. The number of carbonyl (C=O) groups excluding carboxylic acids is 2. The lowest BCUT2D eigenvalue weighted by Gasteiger charge is -2.38. The quantitative estimate of drug-likeness (QED) is 0.332. The molecule has 45 heavy (non-hydrogen) atoms. The predicted molar refractivity (Wildman–Crippen MR) is 172 cm³/mol. The van der Waals surface area contributed by atoms with Crippen molar-refractivity contribution in [2.24, 2.45) is 0 Å². The van der Waals surface area contributed by atoms with Crippen molar-refractivity contribution in [1.29, 1.82) is 0 Å². The molecule has 0 aromatic heterocycles. The lowest BCUT2D eigenvalue weighted by atomic mass is 9.84. The molecule has 0 unspecified atom stereocenters. The van der Waals surface area contributed by atoms with Crippen molar-refractivity contribution in [2.75, 3.05) is 46.3 Å². The number of amides is 2. The third-order valence-electron chi connectivity index (χ3n) is 8.67. The lowest BCUT2D eigenvalue weighted by Crippen LogP contribution is -2.46. The van der Waals surface area contributed by atoms with Crippen LogP contribution < -0.4 is 30.3 Å². The number of carbonyl (C=O) groups is 2. The van der Waals surface area contributed by atoms with Crippen LogP contribution >= 0.6 is 11.6 Å². The molecule has 3 N–H and O–H groups in total. The van der Waals surface area contributed by atoms with Gasteiger partial charge in [-0.2, -0.15) is 0 Å². The number of anilines is 1. The normalized spacial score (nSPS) is 16.8. The summed E-state index contributed by atoms with van der Waals surface area (Å²) in [6.45, 7) is 2.10. The molecule has 1 aliphatic carbocycles. The van der Waals surface area contributed by atoms with Crippen molar-refractivity contribution in [3.63, 3.8) is 0 Å². The summed E-state index contributed by atoms with van der Waals surface area (Å²) in [5.41, 5.74) is 2.67. The highest BCUT2D eigenvalue weighted by Crippen LogP contribution is 2.50. The number of halogens is 1. The van der Waals surface area contributed by atoms with Crippen LogP contribution in [0, 0.1) is 0 Å². The SMILES string of the molecule is COc1cc2c(c(OC)c1OC)-c1ccc(NCC(=O)N3CCC(O)(c4ccc(Cl)cc4)CC3)c(=O)cc1[C@H](NC(C)=O)CC2. The van der Waals surface area contributed by atoms with Gasteiger partial charge in [0, 0.05) is 30.6 Å². The highest BCUT2D eigenvalue weighted by Gasteiger charge is 2.35. The van der Waals surface area contributed by atoms with Gasteiger partial charge in [0.15, 0.2) is 11.5 Å². The van der Waals surface area contributed by atoms with E-state index >= 15 is 0 Å². The number of hydrogen-bond acceptors (Lipinski definition) is 8. The van der Waals surface area contributed by atoms with Gasteiger partial charge in [-0.15, -0.1) is 0 Å². The van der Waals surface area contributed by atoms with E-state index in [9.17, 15) is 19.5 Å². The predicted octanol–water partition coefficient (Wildman–Crippen LogP) is 4.44. The first-order valence-corrected chi connectivity index (χ1v) is 15.2. The Kier molecular flexibility index (Phi) is 9.55. The average Bonchev–Trinajstić information content (AvgIpc) is 3.27. The van der Waals surface area contributed by atoms with Crippen LogP contribution in [0.5, 0.6) is 17.2 Å². The summed E-state index contributed by atoms with van der Waals surface area (Å²) in [6, 6.07) is 13.6. The molecule has 1 fully saturated rings. The maximum atomic E-state index is 13.6. The van der Waals surface area contributed by atoms with Gasteiger partial charge in [0.1, 0.15) is 0 Å². The molecule has 1 saturated heterocycles. The lowest BCUT2D eigenvalue weighted by molar-refractivity contribution is -0.133. The number of aryl methyl sites for hydroxylation is 1. The van der Waals surface area contributed by atoms with Gasteiger partial charge in [0.05, 0.1) is 45.2 Å². The topological polar surface area (TPSA) is 126 Å². The highest BCUT2D eigenvalue weighted by molar-refractivity contribution is 6.30. The van der Waals surface area contributed by atoms with E-state index in [2.05, 4.69) is 10.6 Å². The summed E-state index contributed by atoms with van der Waals surface area (Å²) in [7, 11) is 4.64. The maximum Gasteiger partial charge on any atom is 0.241 e. The number of likely N-dealkylation sites (tertiary alicyclic amines) is 1. The summed E-state index contributed by atoms with van der Waals surface area (Å²) in [5.74, 6) is 1.00. The smallest absolute Gasteiger partial charge is 0.241 e. The second-order valence-electron chi connectivity index (χ2n) is 11.4. The van der Waals surface area contributed by atoms with Crippen LogP contribution in [0.2, 0.25) is 5.02 Å². The fourth-order valence-electron chi connectivity index (χ4n) is 6.31. The summed E-state index contributed by atoms with van der Waals surface area (Å²) < 4.78 is 17.1. The largest absolute Gasteiger partial charge is 0.493 e. The van der Waals surface area contributed by atoms with E-state index < -0.39 is 11.6 Å². The van der Waals surface area contributed by atoms with Crippen LogP contribution in [-0.2, 0) is 21.6 Å². The monoisotopic (exact) mass is 635 g/mol. The van der Waals surface area contributed by atoms with Gasteiger partial charge >= 0.3 is 0 Å². The number of rotatable bonds is 8. The van der Waals surface area contributed by atoms with Gasteiger partial charge in [-0.1, -0.05) is 29.8 Å². The fourth-order valence-corrected chi connectivity index (χ4v) is 6.44. The van der Waals surface area contributed by atoms with Crippen molar-refractivity contribution >= 4 is 29.1 Å². The minimum absolute atomic E-state index is 0.0939. The molecule has 2 amide bonds. The Morgan fingerprint density at radius 1 is 1.00 bits per heavy atom. The van der Waals surface area contributed by atoms with E-state index in [4.69, 9.17) is 25.8 Å². The molecule has 11 heteroatoms. The molecular formula is C34H38ClN3O7. The molecule has 0 spiro atoms. The zero-order valence-electron chi connectivity index (χ0n) is 25.9. The van der Waals surface area contributed by atoms with Crippen molar-refractivity contribution < 1.29 is 28.9 Å². The minimum atomic E-state index is -1.03. The Morgan fingerprint density at radius 2 is 1.69 bits per heavy atom. The van der Waals surface area contributed by atoms with Gasteiger partial charge < -0.3 is 34.9 Å². The second-order valence-corrected chi connectivity index (χ2v) is 11.8. The number of hydrogen-bond donors (Lipinski definition) is 3. The Morgan fingerprint density at radius 3 is 2.31 bits per heavy atom. The van der Waals surface area contributed by atoms with E-state index in [0.29, 0.717) is 72.2 Å². The summed E-state index contributed by atoms with van der Waals surface area (Å²) >= 11 is 6.00. The zero-order chi connectivity index (χ0) is 32.3. The molecule has 238 valence electrons. The number of methoxy groups -OCH3 is 3. The number of nitrogens with zero attached hydrogens (tertiary/aromatic N) is 1. The number of benzene rings is 2. The van der Waals surface area contributed by atoms with E-state index in [1.807, 2.05) is 24.3 Å². The molecule has 1 atom stereocenters. The molecule has 1 aliphatic heterocycles. The van der Waals surface area contributed by atoms with Crippen LogP contribution in [0.1, 0.15) is 48.9 Å². The standard InChI is InChI=1S/C34H38ClN3O7/c1-20(39)37-26-11-5-21-17-29(43-2)32(44-3)33(45-4)31(21)24-10-12-27(28(40)18-25(24)26)36-19-30(41)38-15-13-34(42,14-16-38)22-6-8-23(35)9-7-22/h6-10,12,17-18,26,42H,5,11,13-16,19H2,1-4H3,(H,36,40)(H,37,39)/t26-/m1/s1. The number of ether oxygens (including phenoxy) is 3. The van der Waals surface area contributed by atoms with Crippen LogP contribution in [0.25, 0.3) is 11.1 Å². The fraction of sp³-hybridized carbons (Fsp3) is 0.382. The van der Waals surface area contributed by atoms with Crippen LogP contribution in [-0.4, -0.2) is 62.8 Å². The number of fused-ring (bicyclic) bond motifs is 3. The summed E-state index contributed by atoms with van der Waals surface area (Å²) in [4.78, 5) is 40.6. The third-order valence-corrected chi connectivity index (χ3v) is 8.92. The van der Waals surface area contributed by atoms with Crippen LogP contribution in [0.3, 0.4) is 0 Å². The first-order valence-electron chi connectivity index (χ1n) is 14.9. The molecular weight excluding hydrogens is 598 g/mol. The van der Waals surface area contributed by atoms with Gasteiger partial charge in [-0.3, -0.25) is 14.4 Å². The van der Waals surface area contributed by atoms with Crippen molar-refractivity contribution in [1.82, 2.24) is 10.2 Å². The molecule has 5 rings (SSSR count). The number of piperidine rings is 1. The summed E-state index contributed by atoms with van der Waals surface area (Å²) in [5, 5.41) is 17.8. The second kappa shape index (κ2) is 13.4. The van der Waals surface area contributed by atoms with Crippen molar-refractivity contribution in [2.45, 2.75) is 44.2 Å². The molecule has 3 aromatic rings. The summed E-state index contributed by atoms with van der Waals surface area (Å²) in [6.07, 6.45) is 1.91. The van der Waals surface area contributed by atoms with Gasteiger partial charge in [-0.25, -0.2) is 0 Å². The van der Waals surface area contributed by atoms with Gasteiger partial charge in [-0.05, 0) is 78.3 Å². The number of aliphatic hydroxyl groups is 1. The Bertz CT molecular complexity index is 1650. The first kappa shape index (κ1) is 32.1. The average molecular weight is 636 g/mol. The maximum absolute atomic E-state index is 13.6. The van der Waals surface area contributed by atoms with E-state index in [1.165, 1.54) is 20.1 Å².